The summed E-state index contributed by atoms with van der Waals surface area (Å²) >= 11 is 0. The number of carbonyl (C=O) groups is 1. The summed E-state index contributed by atoms with van der Waals surface area (Å²) in [4.78, 5) is 31.3. The molecule has 1 rings (SSSR count). The van der Waals surface area contributed by atoms with E-state index in [0.717, 1.165) is 13.2 Å². The molecule has 0 aromatic heterocycles. The summed E-state index contributed by atoms with van der Waals surface area (Å²) in [6, 6.07) is 3.51. The summed E-state index contributed by atoms with van der Waals surface area (Å²) in [6.45, 7) is 0. The molecule has 9 nitrogen and oxygen atoms in total. The predicted molar refractivity (Wildman–Crippen MR) is 70.1 cm³/mol. The summed E-state index contributed by atoms with van der Waals surface area (Å²) in [7, 11) is 1.15. The minimum absolute atomic E-state index is 0.0516. The molecule has 0 aliphatic carbocycles. The fourth-order valence-corrected chi connectivity index (χ4v) is 1.79. The first kappa shape index (κ1) is 16.5. The SMILES string of the molecule is COC(=O)CCC(C(O)c1cccc([N+](=O)[O-])c1)[N+](=O)[O-]. The zero-order valence-electron chi connectivity index (χ0n) is 11.2. The van der Waals surface area contributed by atoms with Crippen LogP contribution in [0.2, 0.25) is 0 Å². The van der Waals surface area contributed by atoms with Gasteiger partial charge in [0.25, 0.3) is 5.69 Å². The van der Waals surface area contributed by atoms with E-state index in [4.69, 9.17) is 0 Å². The zero-order chi connectivity index (χ0) is 16.0. The molecule has 0 bridgehead atoms. The van der Waals surface area contributed by atoms with Crippen molar-refractivity contribution in [3.05, 3.63) is 50.1 Å². The number of aliphatic hydroxyl groups is 1. The molecule has 0 saturated carbocycles. The average Bonchev–Trinajstić information content (AvgIpc) is 2.46. The maximum absolute atomic E-state index is 11.0. The third kappa shape index (κ3) is 4.49. The number of hydrogen-bond acceptors (Lipinski definition) is 7. The van der Waals surface area contributed by atoms with Gasteiger partial charge in [0.15, 0.2) is 0 Å². The van der Waals surface area contributed by atoms with Crippen molar-refractivity contribution in [2.45, 2.75) is 25.0 Å². The van der Waals surface area contributed by atoms with E-state index in [1.54, 1.807) is 0 Å². The van der Waals surface area contributed by atoms with Crippen LogP contribution in [0.25, 0.3) is 0 Å². The van der Waals surface area contributed by atoms with Crippen LogP contribution in [0.4, 0.5) is 5.69 Å². The Balaban J connectivity index is 2.92. The number of nitrogens with zero attached hydrogens (tertiary/aromatic N) is 2. The molecule has 1 aromatic rings. The van der Waals surface area contributed by atoms with Crippen molar-refractivity contribution in [3.8, 4) is 0 Å². The van der Waals surface area contributed by atoms with E-state index < -0.39 is 28.0 Å². The van der Waals surface area contributed by atoms with Crippen LogP contribution >= 0.6 is 0 Å². The van der Waals surface area contributed by atoms with Crippen molar-refractivity contribution in [1.82, 2.24) is 0 Å². The topological polar surface area (TPSA) is 133 Å². The van der Waals surface area contributed by atoms with E-state index in [1.165, 1.54) is 18.2 Å². The highest BCUT2D eigenvalue weighted by Crippen LogP contribution is 2.25. The third-order valence-electron chi connectivity index (χ3n) is 2.93. The van der Waals surface area contributed by atoms with E-state index in [0.29, 0.717) is 0 Å². The molecule has 21 heavy (non-hydrogen) atoms. The molecular formula is C12H14N2O7. The predicted octanol–water partition coefficient (Wildman–Crippen LogP) is 1.23. The van der Waals surface area contributed by atoms with E-state index in [2.05, 4.69) is 4.74 Å². The normalized spacial score (nSPS) is 13.2. The second kappa shape index (κ2) is 7.29. The van der Waals surface area contributed by atoms with Crippen LogP contribution in [0.3, 0.4) is 0 Å². The van der Waals surface area contributed by atoms with Crippen molar-refractivity contribution in [2.24, 2.45) is 0 Å². The molecule has 1 N–H and O–H groups in total. The number of nitro benzene ring substituents is 1. The molecule has 0 aliphatic rings. The number of esters is 1. The summed E-state index contributed by atoms with van der Waals surface area (Å²) in [5.74, 6) is -0.631. The number of aliphatic hydroxyl groups excluding tert-OH is 1. The third-order valence-corrected chi connectivity index (χ3v) is 2.93. The van der Waals surface area contributed by atoms with Crippen molar-refractivity contribution >= 4 is 11.7 Å². The number of rotatable bonds is 7. The van der Waals surface area contributed by atoms with E-state index in [-0.39, 0.29) is 24.1 Å². The number of methoxy groups -OCH3 is 1. The Labute approximate surface area is 119 Å². The van der Waals surface area contributed by atoms with Gasteiger partial charge in [-0.1, -0.05) is 12.1 Å². The number of nitro groups is 2. The van der Waals surface area contributed by atoms with Crippen LogP contribution in [0.5, 0.6) is 0 Å². The molecule has 0 aliphatic heterocycles. The quantitative estimate of drug-likeness (QED) is 0.454. The number of benzene rings is 1. The number of non-ortho nitro benzene ring substituents is 1. The van der Waals surface area contributed by atoms with Gasteiger partial charge in [-0.15, -0.1) is 0 Å². The summed E-state index contributed by atoms with van der Waals surface area (Å²) in [6.07, 6.45) is -2.01. The lowest BCUT2D eigenvalue weighted by molar-refractivity contribution is -0.536. The highest BCUT2D eigenvalue weighted by molar-refractivity contribution is 5.69. The molecule has 0 saturated heterocycles. The van der Waals surface area contributed by atoms with Crippen LogP contribution in [-0.4, -0.2) is 34.1 Å². The lowest BCUT2D eigenvalue weighted by Crippen LogP contribution is -2.28. The first-order valence-corrected chi connectivity index (χ1v) is 5.99. The van der Waals surface area contributed by atoms with Gasteiger partial charge >= 0.3 is 5.97 Å². The Morgan fingerprint density at radius 2 is 2.05 bits per heavy atom. The molecule has 9 heteroatoms. The van der Waals surface area contributed by atoms with Crippen LogP contribution in [0.1, 0.15) is 24.5 Å². The minimum Gasteiger partial charge on any atom is -0.469 e. The van der Waals surface area contributed by atoms with Crippen LogP contribution in [-0.2, 0) is 9.53 Å². The molecular weight excluding hydrogens is 284 g/mol. The highest BCUT2D eigenvalue weighted by atomic mass is 16.6. The van der Waals surface area contributed by atoms with Crippen molar-refractivity contribution < 1.29 is 24.5 Å². The Morgan fingerprint density at radius 1 is 1.38 bits per heavy atom. The van der Waals surface area contributed by atoms with Gasteiger partial charge < -0.3 is 9.84 Å². The van der Waals surface area contributed by atoms with Gasteiger partial charge in [0, 0.05) is 23.5 Å². The molecule has 1 aromatic carbocycles. The van der Waals surface area contributed by atoms with Gasteiger partial charge in [0.1, 0.15) is 6.10 Å². The summed E-state index contributed by atoms with van der Waals surface area (Å²) < 4.78 is 4.38. The van der Waals surface area contributed by atoms with Crippen LogP contribution < -0.4 is 0 Å². The Hall–Kier alpha value is -2.55. The lowest BCUT2D eigenvalue weighted by Gasteiger charge is -2.15. The first-order valence-electron chi connectivity index (χ1n) is 5.99. The second-order valence-corrected chi connectivity index (χ2v) is 4.26. The van der Waals surface area contributed by atoms with Crippen molar-refractivity contribution in [1.29, 1.82) is 0 Å². The van der Waals surface area contributed by atoms with Gasteiger partial charge in [0.05, 0.1) is 18.5 Å². The summed E-state index contributed by atoms with van der Waals surface area (Å²) in [5.41, 5.74) is -0.225. The number of hydrogen-bond donors (Lipinski definition) is 1. The zero-order valence-corrected chi connectivity index (χ0v) is 11.2. The van der Waals surface area contributed by atoms with E-state index in [9.17, 15) is 30.1 Å². The van der Waals surface area contributed by atoms with Gasteiger partial charge in [0.2, 0.25) is 6.04 Å². The standard InChI is InChI=1S/C12H14N2O7/c1-21-11(15)6-5-10(14(19)20)12(16)8-3-2-4-9(7-8)13(17)18/h2-4,7,10,12,16H,5-6H2,1H3. The molecule has 0 fully saturated rings. The molecule has 0 spiro atoms. The maximum atomic E-state index is 11.0. The smallest absolute Gasteiger partial charge is 0.305 e. The molecule has 0 amide bonds. The van der Waals surface area contributed by atoms with Gasteiger partial charge in [-0.2, -0.15) is 0 Å². The Morgan fingerprint density at radius 3 is 2.57 bits per heavy atom. The molecule has 2 unspecified atom stereocenters. The first-order chi connectivity index (χ1) is 9.86. The fourth-order valence-electron chi connectivity index (χ4n) is 1.79. The van der Waals surface area contributed by atoms with Crippen LogP contribution in [0.15, 0.2) is 24.3 Å². The average molecular weight is 298 g/mol. The van der Waals surface area contributed by atoms with Gasteiger partial charge in [-0.05, 0) is 5.56 Å². The Kier molecular flexibility index (Phi) is 5.73. The number of carbonyl (C=O) groups excluding carboxylic acids is 1. The maximum Gasteiger partial charge on any atom is 0.305 e. The molecule has 114 valence electrons. The lowest BCUT2D eigenvalue weighted by atomic mass is 9.98. The van der Waals surface area contributed by atoms with Crippen molar-refractivity contribution in [2.75, 3.05) is 7.11 Å². The number of ether oxygens (including phenoxy) is 1. The van der Waals surface area contributed by atoms with E-state index in [1.807, 2.05) is 0 Å². The summed E-state index contributed by atoms with van der Waals surface area (Å²) in [5, 5.41) is 31.7. The monoisotopic (exact) mass is 298 g/mol. The second-order valence-electron chi connectivity index (χ2n) is 4.26. The molecule has 0 radical (unpaired) electrons. The van der Waals surface area contributed by atoms with Gasteiger partial charge in [-0.25, -0.2) is 0 Å². The minimum atomic E-state index is -1.55. The van der Waals surface area contributed by atoms with Gasteiger partial charge in [-0.3, -0.25) is 25.0 Å². The van der Waals surface area contributed by atoms with Crippen molar-refractivity contribution in [3.63, 3.8) is 0 Å². The molecule has 0 heterocycles. The fraction of sp³-hybridized carbons (Fsp3) is 0.417. The molecule has 2 atom stereocenters. The largest absolute Gasteiger partial charge is 0.469 e. The highest BCUT2D eigenvalue weighted by Gasteiger charge is 2.32. The van der Waals surface area contributed by atoms with Crippen LogP contribution in [0, 0.1) is 20.2 Å². The van der Waals surface area contributed by atoms with E-state index >= 15 is 0 Å². The Bertz CT molecular complexity index is 546.